The molecule has 0 aliphatic carbocycles. The van der Waals surface area contributed by atoms with Gasteiger partial charge >= 0.3 is 0 Å². The highest BCUT2D eigenvalue weighted by atomic mass is 35.5. The van der Waals surface area contributed by atoms with Crippen molar-refractivity contribution in [2.75, 3.05) is 13.1 Å². The third kappa shape index (κ3) is 6.48. The predicted octanol–water partition coefficient (Wildman–Crippen LogP) is 4.14. The van der Waals surface area contributed by atoms with Gasteiger partial charge in [0.15, 0.2) is 0 Å². The van der Waals surface area contributed by atoms with E-state index in [-0.39, 0.29) is 33.9 Å². The Morgan fingerprint density at radius 2 is 1.71 bits per heavy atom. The van der Waals surface area contributed by atoms with Crippen molar-refractivity contribution in [3.05, 3.63) is 64.1 Å². The Bertz CT molecular complexity index is 926. The molecule has 0 bridgehead atoms. The fraction of sp³-hybridized carbons (Fsp3) is 0.350. The molecule has 2 rings (SSSR count). The fourth-order valence-corrected chi connectivity index (χ4v) is 4.75. The summed E-state index contributed by atoms with van der Waals surface area (Å²) < 4.78 is 27.6. The molecule has 8 heteroatoms. The smallest absolute Gasteiger partial charge is 0.245 e. The maximum absolute atomic E-state index is 13.2. The van der Waals surface area contributed by atoms with Gasteiger partial charge in [-0.3, -0.25) is 4.79 Å². The van der Waals surface area contributed by atoms with Crippen molar-refractivity contribution in [3.8, 4) is 0 Å². The molecule has 0 unspecified atom stereocenters. The van der Waals surface area contributed by atoms with Gasteiger partial charge in [-0.15, -0.1) is 0 Å². The van der Waals surface area contributed by atoms with Crippen molar-refractivity contribution < 1.29 is 13.2 Å². The van der Waals surface area contributed by atoms with Crippen molar-refractivity contribution in [2.24, 2.45) is 0 Å². The van der Waals surface area contributed by atoms with Crippen LogP contribution in [0.25, 0.3) is 0 Å². The number of nitrogens with zero attached hydrogens (tertiary/aromatic N) is 1. The zero-order valence-corrected chi connectivity index (χ0v) is 18.4. The second-order valence-electron chi connectivity index (χ2n) is 7.45. The molecule has 0 atom stereocenters. The number of carbonyl (C=O) groups is 1. The topological polar surface area (TPSA) is 66.5 Å². The van der Waals surface area contributed by atoms with E-state index >= 15 is 0 Å². The maximum atomic E-state index is 13.2. The van der Waals surface area contributed by atoms with Gasteiger partial charge in [-0.1, -0.05) is 53.5 Å². The number of rotatable bonds is 7. The molecule has 0 saturated carbocycles. The maximum Gasteiger partial charge on any atom is 0.245 e. The minimum Gasteiger partial charge on any atom is -0.350 e. The van der Waals surface area contributed by atoms with Crippen molar-refractivity contribution in [1.29, 1.82) is 0 Å². The molecule has 5 nitrogen and oxygen atoms in total. The average molecular weight is 443 g/mol. The number of sulfonamides is 1. The first-order chi connectivity index (χ1) is 13.0. The molecule has 2 aromatic carbocycles. The van der Waals surface area contributed by atoms with E-state index in [1.807, 2.05) is 51.1 Å². The van der Waals surface area contributed by atoms with Gasteiger partial charge < -0.3 is 5.32 Å². The summed E-state index contributed by atoms with van der Waals surface area (Å²) in [5.74, 6) is -0.387. The van der Waals surface area contributed by atoms with Crippen LogP contribution < -0.4 is 5.32 Å². The summed E-state index contributed by atoms with van der Waals surface area (Å²) in [7, 11) is -4.02. The van der Waals surface area contributed by atoms with Gasteiger partial charge in [0.1, 0.15) is 4.90 Å². The van der Waals surface area contributed by atoms with E-state index in [1.165, 1.54) is 18.2 Å². The van der Waals surface area contributed by atoms with Crippen LogP contribution in [0.3, 0.4) is 0 Å². The first kappa shape index (κ1) is 22.7. The standard InChI is InChI=1S/C20H24Cl2N2O3S/c1-20(2,3)23-19(25)14-24(12-11-15-7-5-4-6-8-15)28(26,27)18-13-16(21)9-10-17(18)22/h4-10,13H,11-12,14H2,1-3H3,(H,23,25). The Morgan fingerprint density at radius 3 is 2.32 bits per heavy atom. The largest absolute Gasteiger partial charge is 0.350 e. The van der Waals surface area contributed by atoms with Gasteiger partial charge in [0, 0.05) is 17.1 Å². The number of halogens is 2. The highest BCUT2D eigenvalue weighted by Crippen LogP contribution is 2.28. The third-order valence-corrected chi connectivity index (χ3v) is 6.40. The second kappa shape index (κ2) is 9.27. The molecular weight excluding hydrogens is 419 g/mol. The molecule has 1 amide bonds. The minimum atomic E-state index is -4.02. The number of amides is 1. The van der Waals surface area contributed by atoms with E-state index < -0.39 is 15.6 Å². The lowest BCUT2D eigenvalue weighted by Crippen LogP contribution is -2.47. The Balaban J connectivity index is 2.32. The van der Waals surface area contributed by atoms with Crippen LogP contribution in [0.2, 0.25) is 10.0 Å². The zero-order chi connectivity index (χ0) is 20.9. The molecule has 0 aliphatic rings. The third-order valence-electron chi connectivity index (χ3n) is 3.84. The molecule has 0 aromatic heterocycles. The van der Waals surface area contributed by atoms with E-state index in [4.69, 9.17) is 23.2 Å². The van der Waals surface area contributed by atoms with Crippen LogP contribution in [0, 0.1) is 0 Å². The van der Waals surface area contributed by atoms with Crippen LogP contribution in [0.15, 0.2) is 53.4 Å². The lowest BCUT2D eigenvalue weighted by atomic mass is 10.1. The molecular formula is C20H24Cl2N2O3S. The summed E-state index contributed by atoms with van der Waals surface area (Å²) in [5.41, 5.74) is 0.496. The van der Waals surface area contributed by atoms with Crippen molar-refractivity contribution in [1.82, 2.24) is 9.62 Å². The first-order valence-corrected chi connectivity index (χ1v) is 11.0. The molecule has 0 fully saturated rings. The summed E-state index contributed by atoms with van der Waals surface area (Å²) in [6.45, 7) is 5.33. The monoisotopic (exact) mass is 442 g/mol. The Morgan fingerprint density at radius 1 is 1.07 bits per heavy atom. The number of benzene rings is 2. The summed E-state index contributed by atoms with van der Waals surface area (Å²) in [5, 5.41) is 3.11. The molecule has 28 heavy (non-hydrogen) atoms. The quantitative estimate of drug-likeness (QED) is 0.700. The Kier molecular flexibility index (Phi) is 7.51. The second-order valence-corrected chi connectivity index (χ2v) is 10.2. The molecule has 0 aliphatic heterocycles. The van der Waals surface area contributed by atoms with E-state index in [9.17, 15) is 13.2 Å². The van der Waals surface area contributed by atoms with Gasteiger partial charge in [0.25, 0.3) is 0 Å². The SMILES string of the molecule is CC(C)(C)NC(=O)CN(CCc1ccccc1)S(=O)(=O)c1cc(Cl)ccc1Cl. The van der Waals surface area contributed by atoms with Gasteiger partial charge in [0.2, 0.25) is 15.9 Å². The summed E-state index contributed by atoms with van der Waals surface area (Å²) >= 11 is 12.1. The van der Waals surface area contributed by atoms with Crippen LogP contribution in [0.1, 0.15) is 26.3 Å². The Labute approximate surface area is 176 Å². The Hall–Kier alpha value is -1.60. The highest BCUT2D eigenvalue weighted by molar-refractivity contribution is 7.89. The molecule has 1 N–H and O–H groups in total. The van der Waals surface area contributed by atoms with Gasteiger partial charge in [-0.2, -0.15) is 4.31 Å². The van der Waals surface area contributed by atoms with Crippen LogP contribution in [-0.2, 0) is 21.2 Å². The highest BCUT2D eigenvalue weighted by Gasteiger charge is 2.29. The molecule has 0 saturated heterocycles. The average Bonchev–Trinajstić information content (AvgIpc) is 2.59. The van der Waals surface area contributed by atoms with Crippen LogP contribution in [0.5, 0.6) is 0 Å². The summed E-state index contributed by atoms with van der Waals surface area (Å²) in [4.78, 5) is 12.3. The molecule has 2 aromatic rings. The van der Waals surface area contributed by atoms with Gasteiger partial charge in [-0.05, 0) is 51.0 Å². The number of nitrogens with one attached hydrogen (secondary N) is 1. The van der Waals surface area contributed by atoms with Crippen molar-refractivity contribution in [3.63, 3.8) is 0 Å². The van der Waals surface area contributed by atoms with Crippen LogP contribution in [0.4, 0.5) is 0 Å². The van der Waals surface area contributed by atoms with Crippen molar-refractivity contribution >= 4 is 39.1 Å². The summed E-state index contributed by atoms with van der Waals surface area (Å²) in [6.07, 6.45) is 0.459. The lowest BCUT2D eigenvalue weighted by molar-refractivity contribution is -0.122. The fourth-order valence-electron chi connectivity index (χ4n) is 2.61. The van der Waals surface area contributed by atoms with E-state index in [0.29, 0.717) is 6.42 Å². The van der Waals surface area contributed by atoms with E-state index in [0.717, 1.165) is 9.87 Å². The zero-order valence-electron chi connectivity index (χ0n) is 16.1. The number of carbonyl (C=O) groups excluding carboxylic acids is 1. The van der Waals surface area contributed by atoms with Gasteiger partial charge in [-0.25, -0.2) is 8.42 Å². The number of hydrogen-bond donors (Lipinski definition) is 1. The van der Waals surface area contributed by atoms with Gasteiger partial charge in [0.05, 0.1) is 11.6 Å². The number of hydrogen-bond acceptors (Lipinski definition) is 3. The van der Waals surface area contributed by atoms with Crippen LogP contribution in [-0.4, -0.2) is 37.3 Å². The van der Waals surface area contributed by atoms with E-state index in [1.54, 1.807) is 0 Å². The minimum absolute atomic E-state index is 0.0605. The van der Waals surface area contributed by atoms with Crippen LogP contribution >= 0.6 is 23.2 Å². The van der Waals surface area contributed by atoms with E-state index in [2.05, 4.69) is 5.32 Å². The normalized spacial score (nSPS) is 12.2. The van der Waals surface area contributed by atoms with Crippen molar-refractivity contribution in [2.45, 2.75) is 37.6 Å². The molecule has 0 spiro atoms. The lowest BCUT2D eigenvalue weighted by Gasteiger charge is -2.26. The molecule has 0 radical (unpaired) electrons. The first-order valence-electron chi connectivity index (χ1n) is 8.79. The summed E-state index contributed by atoms with van der Waals surface area (Å²) in [6, 6.07) is 13.7. The molecule has 0 heterocycles. The molecule has 152 valence electrons. The predicted molar refractivity (Wildman–Crippen MR) is 113 cm³/mol.